The van der Waals surface area contributed by atoms with Gasteiger partial charge in [-0.1, -0.05) is 11.3 Å². The number of rotatable bonds is 2. The fourth-order valence-corrected chi connectivity index (χ4v) is 1.63. The molecule has 1 heterocycles. The highest BCUT2D eigenvalue weighted by atomic mass is 32.1. The van der Waals surface area contributed by atoms with Crippen LogP contribution >= 0.6 is 11.3 Å². The number of thiazole rings is 1. The molecule has 0 aliphatic rings. The van der Waals surface area contributed by atoms with Crippen molar-refractivity contribution in [2.75, 3.05) is 5.73 Å². The molecule has 2 N–H and O–H groups in total. The SMILES string of the molecule is N#Cc1ccc(Oc2cnc(N)s2)c(F)c1. The van der Waals surface area contributed by atoms with Crippen molar-refractivity contribution in [3.8, 4) is 16.9 Å². The van der Waals surface area contributed by atoms with Crippen LogP contribution in [-0.2, 0) is 0 Å². The van der Waals surface area contributed by atoms with Crippen molar-refractivity contribution in [3.05, 3.63) is 35.8 Å². The van der Waals surface area contributed by atoms with E-state index < -0.39 is 5.82 Å². The van der Waals surface area contributed by atoms with Crippen LogP contribution in [0, 0.1) is 17.1 Å². The molecule has 0 spiro atoms. The molecule has 1 aromatic carbocycles. The molecule has 0 unspecified atom stereocenters. The van der Waals surface area contributed by atoms with Crippen molar-refractivity contribution in [2.45, 2.75) is 0 Å². The summed E-state index contributed by atoms with van der Waals surface area (Å²) in [7, 11) is 0. The van der Waals surface area contributed by atoms with Gasteiger partial charge in [0, 0.05) is 0 Å². The van der Waals surface area contributed by atoms with Crippen LogP contribution in [0.2, 0.25) is 0 Å². The molecule has 2 rings (SSSR count). The summed E-state index contributed by atoms with van der Waals surface area (Å²) in [6.45, 7) is 0. The average molecular weight is 235 g/mol. The molecule has 0 bridgehead atoms. The van der Waals surface area contributed by atoms with Gasteiger partial charge in [-0.25, -0.2) is 9.37 Å². The van der Waals surface area contributed by atoms with E-state index in [0.29, 0.717) is 10.2 Å². The first-order valence-corrected chi connectivity index (χ1v) is 5.09. The number of hydrogen-bond acceptors (Lipinski definition) is 5. The van der Waals surface area contributed by atoms with Crippen molar-refractivity contribution in [3.63, 3.8) is 0 Å². The van der Waals surface area contributed by atoms with Crippen LogP contribution in [0.25, 0.3) is 0 Å². The molecule has 0 saturated carbocycles. The van der Waals surface area contributed by atoms with E-state index in [2.05, 4.69) is 4.98 Å². The Morgan fingerprint density at radius 2 is 2.31 bits per heavy atom. The molecule has 0 radical (unpaired) electrons. The Morgan fingerprint density at radius 3 is 2.88 bits per heavy atom. The third-order valence-corrected chi connectivity index (χ3v) is 2.48. The van der Waals surface area contributed by atoms with Gasteiger partial charge >= 0.3 is 0 Å². The number of hydrogen-bond donors (Lipinski definition) is 1. The van der Waals surface area contributed by atoms with Gasteiger partial charge in [-0.3, -0.25) is 0 Å². The maximum absolute atomic E-state index is 13.4. The standard InChI is InChI=1S/C10H6FN3OS/c11-7-3-6(4-12)1-2-8(7)15-9-5-14-10(13)16-9/h1-3,5H,(H2,13,14). The van der Waals surface area contributed by atoms with E-state index in [1.807, 2.05) is 6.07 Å². The van der Waals surface area contributed by atoms with Gasteiger partial charge < -0.3 is 10.5 Å². The van der Waals surface area contributed by atoms with E-state index >= 15 is 0 Å². The second-order valence-corrected chi connectivity index (χ2v) is 3.90. The van der Waals surface area contributed by atoms with Crippen LogP contribution in [0.1, 0.15) is 5.56 Å². The van der Waals surface area contributed by atoms with Crippen molar-refractivity contribution >= 4 is 16.5 Å². The molecule has 16 heavy (non-hydrogen) atoms. The molecule has 1 aromatic heterocycles. The zero-order valence-electron chi connectivity index (χ0n) is 7.98. The quantitative estimate of drug-likeness (QED) is 0.868. The smallest absolute Gasteiger partial charge is 0.202 e. The van der Waals surface area contributed by atoms with Gasteiger partial charge in [0.05, 0.1) is 17.8 Å². The van der Waals surface area contributed by atoms with E-state index in [-0.39, 0.29) is 11.3 Å². The zero-order chi connectivity index (χ0) is 11.5. The van der Waals surface area contributed by atoms with Gasteiger partial charge in [0.2, 0.25) is 5.06 Å². The predicted octanol–water partition coefficient (Wildman–Crippen LogP) is 2.53. The first-order chi connectivity index (χ1) is 7.69. The molecule has 4 nitrogen and oxygen atoms in total. The lowest BCUT2D eigenvalue weighted by molar-refractivity contribution is 0.451. The number of anilines is 1. The molecule has 0 amide bonds. The lowest BCUT2D eigenvalue weighted by atomic mass is 10.2. The van der Waals surface area contributed by atoms with Crippen molar-refractivity contribution in [2.24, 2.45) is 0 Å². The average Bonchev–Trinajstić information content (AvgIpc) is 2.67. The number of nitrogen functional groups attached to an aromatic ring is 1. The first kappa shape index (κ1) is 10.4. The Hall–Kier alpha value is -2.13. The lowest BCUT2D eigenvalue weighted by Crippen LogP contribution is -1.87. The number of halogens is 1. The molecule has 0 aliphatic heterocycles. The summed E-state index contributed by atoms with van der Waals surface area (Å²) in [5.41, 5.74) is 5.65. The lowest BCUT2D eigenvalue weighted by Gasteiger charge is -2.02. The number of nitriles is 1. The minimum Gasteiger partial charge on any atom is -0.442 e. The maximum atomic E-state index is 13.4. The number of ether oxygens (including phenoxy) is 1. The normalized spacial score (nSPS) is 9.75. The molecule has 0 atom stereocenters. The molecule has 6 heteroatoms. The van der Waals surface area contributed by atoms with E-state index in [0.717, 1.165) is 17.4 Å². The van der Waals surface area contributed by atoms with Gasteiger partial charge in [0.25, 0.3) is 0 Å². The van der Waals surface area contributed by atoms with E-state index in [9.17, 15) is 4.39 Å². The highest BCUT2D eigenvalue weighted by Gasteiger charge is 2.07. The van der Waals surface area contributed by atoms with Crippen LogP contribution in [0.15, 0.2) is 24.4 Å². The van der Waals surface area contributed by atoms with Crippen LogP contribution in [0.4, 0.5) is 9.52 Å². The summed E-state index contributed by atoms with van der Waals surface area (Å²) in [5.74, 6) is -0.548. The summed E-state index contributed by atoms with van der Waals surface area (Å²) in [4.78, 5) is 3.77. The maximum Gasteiger partial charge on any atom is 0.202 e. The van der Waals surface area contributed by atoms with Gasteiger partial charge in [-0.2, -0.15) is 5.26 Å². The van der Waals surface area contributed by atoms with Crippen LogP contribution in [-0.4, -0.2) is 4.98 Å². The second-order valence-electron chi connectivity index (χ2n) is 2.88. The molecule has 0 fully saturated rings. The van der Waals surface area contributed by atoms with Crippen molar-refractivity contribution in [1.82, 2.24) is 4.98 Å². The topological polar surface area (TPSA) is 71.9 Å². The van der Waals surface area contributed by atoms with Gasteiger partial charge in [0.1, 0.15) is 0 Å². The Morgan fingerprint density at radius 1 is 1.50 bits per heavy atom. The Labute approximate surface area is 94.7 Å². The van der Waals surface area contributed by atoms with Gasteiger partial charge in [0.15, 0.2) is 16.7 Å². The second kappa shape index (κ2) is 4.16. The molecule has 0 saturated heterocycles. The van der Waals surface area contributed by atoms with Gasteiger partial charge in [-0.05, 0) is 18.2 Å². The monoisotopic (exact) mass is 235 g/mol. The summed E-state index contributed by atoms with van der Waals surface area (Å²) in [6, 6.07) is 5.82. The molecule has 2 aromatic rings. The van der Waals surface area contributed by atoms with E-state index in [4.69, 9.17) is 15.7 Å². The van der Waals surface area contributed by atoms with Crippen LogP contribution in [0.3, 0.4) is 0 Å². The molecular weight excluding hydrogens is 229 g/mol. The summed E-state index contributed by atoms with van der Waals surface area (Å²) in [5, 5.41) is 9.32. The Balaban J connectivity index is 2.26. The number of nitrogens with two attached hydrogens (primary N) is 1. The van der Waals surface area contributed by atoms with E-state index in [1.165, 1.54) is 18.3 Å². The van der Waals surface area contributed by atoms with Gasteiger partial charge in [-0.15, -0.1) is 0 Å². The molecular formula is C10H6FN3OS. The van der Waals surface area contributed by atoms with Crippen LogP contribution < -0.4 is 10.5 Å². The summed E-state index contributed by atoms with van der Waals surface area (Å²) < 4.78 is 18.6. The number of aromatic nitrogens is 1. The molecule has 0 aliphatic carbocycles. The Kier molecular flexibility index (Phi) is 2.70. The zero-order valence-corrected chi connectivity index (χ0v) is 8.79. The molecule has 80 valence electrons. The summed E-state index contributed by atoms with van der Waals surface area (Å²) >= 11 is 1.11. The number of benzene rings is 1. The van der Waals surface area contributed by atoms with E-state index in [1.54, 1.807) is 0 Å². The highest BCUT2D eigenvalue weighted by molar-refractivity contribution is 7.17. The van der Waals surface area contributed by atoms with Crippen LogP contribution in [0.5, 0.6) is 10.8 Å². The van der Waals surface area contributed by atoms with Crippen molar-refractivity contribution < 1.29 is 9.13 Å². The predicted molar refractivity (Wildman–Crippen MR) is 57.7 cm³/mol. The summed E-state index contributed by atoms with van der Waals surface area (Å²) in [6.07, 6.45) is 1.41. The first-order valence-electron chi connectivity index (χ1n) is 4.28. The third-order valence-electron chi connectivity index (χ3n) is 1.77. The Bertz CT molecular complexity index is 561. The number of nitrogens with zero attached hydrogens (tertiary/aromatic N) is 2. The highest BCUT2D eigenvalue weighted by Crippen LogP contribution is 2.30. The fourth-order valence-electron chi connectivity index (χ4n) is 1.08. The third kappa shape index (κ3) is 2.10. The largest absolute Gasteiger partial charge is 0.442 e. The minimum absolute atomic E-state index is 0.0441. The minimum atomic E-state index is -0.592. The fraction of sp³-hybridized carbons (Fsp3) is 0. The van der Waals surface area contributed by atoms with Crippen molar-refractivity contribution in [1.29, 1.82) is 5.26 Å².